The number of nitrogens with one attached hydrogen (secondary N) is 2. The molecule has 1 atom stereocenters. The van der Waals surface area contributed by atoms with Gasteiger partial charge in [-0.2, -0.15) is 0 Å². The zero-order valence-electron chi connectivity index (χ0n) is 13.4. The van der Waals surface area contributed by atoms with Gasteiger partial charge in [-0.1, -0.05) is 47.7 Å². The maximum atomic E-state index is 12.6. The molecule has 0 bridgehead atoms. The van der Waals surface area contributed by atoms with Gasteiger partial charge < -0.3 is 10.3 Å². The SMILES string of the molecule is C[C@H](NC(=O)c1nnn2c1c(=O)[nH]c1ccccc12)c1ccccc1. The van der Waals surface area contributed by atoms with E-state index in [-0.39, 0.29) is 17.3 Å². The molecule has 2 aromatic heterocycles. The molecule has 0 radical (unpaired) electrons. The van der Waals surface area contributed by atoms with Gasteiger partial charge in [0, 0.05) is 0 Å². The van der Waals surface area contributed by atoms with E-state index in [2.05, 4.69) is 20.6 Å². The lowest BCUT2D eigenvalue weighted by molar-refractivity contribution is 0.0936. The molecule has 124 valence electrons. The van der Waals surface area contributed by atoms with Crippen LogP contribution in [0.3, 0.4) is 0 Å². The van der Waals surface area contributed by atoms with E-state index in [1.807, 2.05) is 49.4 Å². The molecule has 7 heteroatoms. The van der Waals surface area contributed by atoms with E-state index in [1.165, 1.54) is 4.52 Å². The van der Waals surface area contributed by atoms with Crippen LogP contribution in [0.15, 0.2) is 59.4 Å². The highest BCUT2D eigenvalue weighted by Crippen LogP contribution is 2.15. The number of fused-ring (bicyclic) bond motifs is 3. The Labute approximate surface area is 142 Å². The first-order chi connectivity index (χ1) is 12.1. The molecule has 2 N–H and O–H groups in total. The van der Waals surface area contributed by atoms with E-state index in [1.54, 1.807) is 12.1 Å². The lowest BCUT2D eigenvalue weighted by atomic mass is 10.1. The van der Waals surface area contributed by atoms with Crippen molar-refractivity contribution >= 4 is 22.5 Å². The van der Waals surface area contributed by atoms with Crippen molar-refractivity contribution in [3.8, 4) is 0 Å². The van der Waals surface area contributed by atoms with Crippen molar-refractivity contribution < 1.29 is 4.79 Å². The number of carbonyl (C=O) groups is 1. The van der Waals surface area contributed by atoms with Crippen molar-refractivity contribution in [2.75, 3.05) is 0 Å². The number of H-pyrrole nitrogens is 1. The van der Waals surface area contributed by atoms with Crippen molar-refractivity contribution in [1.29, 1.82) is 0 Å². The molecule has 25 heavy (non-hydrogen) atoms. The second kappa shape index (κ2) is 5.86. The quantitative estimate of drug-likeness (QED) is 0.600. The first-order valence-electron chi connectivity index (χ1n) is 7.87. The fourth-order valence-electron chi connectivity index (χ4n) is 2.84. The number of carbonyl (C=O) groups excluding carboxylic acids is 1. The highest BCUT2D eigenvalue weighted by Gasteiger charge is 2.21. The molecule has 0 saturated heterocycles. The number of aromatic amines is 1. The summed E-state index contributed by atoms with van der Waals surface area (Å²) < 4.78 is 1.40. The van der Waals surface area contributed by atoms with Gasteiger partial charge in [-0.3, -0.25) is 9.59 Å². The fourth-order valence-corrected chi connectivity index (χ4v) is 2.84. The third-order valence-electron chi connectivity index (χ3n) is 4.13. The van der Waals surface area contributed by atoms with Crippen LogP contribution in [0.4, 0.5) is 0 Å². The Hall–Kier alpha value is -3.48. The van der Waals surface area contributed by atoms with Gasteiger partial charge in [0.1, 0.15) is 0 Å². The highest BCUT2D eigenvalue weighted by molar-refractivity contribution is 5.99. The summed E-state index contributed by atoms with van der Waals surface area (Å²) in [6, 6.07) is 16.6. The van der Waals surface area contributed by atoms with Crippen LogP contribution in [-0.4, -0.2) is 25.7 Å². The lowest BCUT2D eigenvalue weighted by Crippen LogP contribution is -2.28. The van der Waals surface area contributed by atoms with Crippen molar-refractivity contribution in [2.24, 2.45) is 0 Å². The molecule has 2 heterocycles. The summed E-state index contributed by atoms with van der Waals surface area (Å²) in [5.74, 6) is -0.438. The maximum Gasteiger partial charge on any atom is 0.277 e. The third-order valence-corrected chi connectivity index (χ3v) is 4.13. The molecule has 4 rings (SSSR count). The molecule has 0 aliphatic heterocycles. The van der Waals surface area contributed by atoms with Gasteiger partial charge in [0.2, 0.25) is 0 Å². The average Bonchev–Trinajstić information content (AvgIpc) is 3.09. The van der Waals surface area contributed by atoms with Crippen molar-refractivity contribution in [1.82, 2.24) is 25.1 Å². The van der Waals surface area contributed by atoms with E-state index >= 15 is 0 Å². The minimum atomic E-state index is -0.438. The van der Waals surface area contributed by atoms with Crippen LogP contribution in [0.5, 0.6) is 0 Å². The molecule has 0 spiro atoms. The molecule has 0 unspecified atom stereocenters. The Kier molecular flexibility index (Phi) is 3.53. The van der Waals surface area contributed by atoms with Gasteiger partial charge >= 0.3 is 0 Å². The van der Waals surface area contributed by atoms with Crippen LogP contribution < -0.4 is 10.9 Å². The zero-order chi connectivity index (χ0) is 17.4. The third kappa shape index (κ3) is 2.55. The van der Waals surface area contributed by atoms with Crippen LogP contribution in [0.2, 0.25) is 0 Å². The first kappa shape index (κ1) is 15.1. The van der Waals surface area contributed by atoms with Crippen LogP contribution in [0, 0.1) is 0 Å². The van der Waals surface area contributed by atoms with Crippen molar-refractivity contribution in [2.45, 2.75) is 13.0 Å². The van der Waals surface area contributed by atoms with E-state index in [0.717, 1.165) is 5.56 Å². The number of nitrogens with zero attached hydrogens (tertiary/aromatic N) is 3. The summed E-state index contributed by atoms with van der Waals surface area (Å²) in [6.07, 6.45) is 0. The molecule has 0 saturated carbocycles. The smallest absolute Gasteiger partial charge is 0.277 e. The number of amides is 1. The van der Waals surface area contributed by atoms with Gasteiger partial charge in [-0.15, -0.1) is 5.10 Å². The summed E-state index contributed by atoms with van der Waals surface area (Å²) in [7, 11) is 0. The van der Waals surface area contributed by atoms with Crippen LogP contribution in [0.25, 0.3) is 16.6 Å². The van der Waals surface area contributed by atoms with E-state index in [0.29, 0.717) is 11.0 Å². The summed E-state index contributed by atoms with van der Waals surface area (Å²) in [6.45, 7) is 1.87. The largest absolute Gasteiger partial charge is 0.344 e. The summed E-state index contributed by atoms with van der Waals surface area (Å²) in [4.78, 5) is 27.8. The fraction of sp³-hybridized carbons (Fsp3) is 0.111. The molecular formula is C18H15N5O2. The molecule has 2 aromatic carbocycles. The average molecular weight is 333 g/mol. The van der Waals surface area contributed by atoms with Crippen LogP contribution in [-0.2, 0) is 0 Å². The second-order valence-corrected chi connectivity index (χ2v) is 5.78. The van der Waals surface area contributed by atoms with E-state index in [4.69, 9.17) is 0 Å². The number of benzene rings is 2. The van der Waals surface area contributed by atoms with Gasteiger partial charge in [0.15, 0.2) is 11.2 Å². The Morgan fingerprint density at radius 3 is 2.64 bits per heavy atom. The van der Waals surface area contributed by atoms with Gasteiger partial charge in [0.25, 0.3) is 11.5 Å². The van der Waals surface area contributed by atoms with Crippen LogP contribution in [0.1, 0.15) is 29.0 Å². The van der Waals surface area contributed by atoms with Gasteiger partial charge in [0.05, 0.1) is 17.1 Å². The Morgan fingerprint density at radius 2 is 1.84 bits per heavy atom. The highest BCUT2D eigenvalue weighted by atomic mass is 16.2. The number of hydrogen-bond acceptors (Lipinski definition) is 4. The number of rotatable bonds is 3. The standard InChI is InChI=1S/C18H15N5O2/c1-11(12-7-3-2-4-8-12)19-17(24)15-16-18(25)20-13-9-5-6-10-14(13)23(16)22-21-15/h2-11H,1H3,(H,19,24)(H,20,25)/t11-/m0/s1. The zero-order valence-corrected chi connectivity index (χ0v) is 13.4. The Balaban J connectivity index is 1.76. The van der Waals surface area contributed by atoms with E-state index < -0.39 is 11.5 Å². The van der Waals surface area contributed by atoms with Crippen molar-refractivity contribution in [3.05, 3.63) is 76.2 Å². The number of aromatic nitrogens is 4. The molecule has 0 fully saturated rings. The monoisotopic (exact) mass is 333 g/mol. The maximum absolute atomic E-state index is 12.6. The topological polar surface area (TPSA) is 92.2 Å². The minimum Gasteiger partial charge on any atom is -0.344 e. The van der Waals surface area contributed by atoms with Gasteiger partial charge in [-0.25, -0.2) is 4.52 Å². The number of para-hydroxylation sites is 2. The predicted molar refractivity (Wildman–Crippen MR) is 93.4 cm³/mol. The minimum absolute atomic E-state index is 0.00906. The molecule has 0 aliphatic rings. The molecule has 1 amide bonds. The summed E-state index contributed by atoms with van der Waals surface area (Å²) in [5.41, 5.74) is 2.02. The predicted octanol–water partition coefficient (Wildman–Crippen LogP) is 2.06. The lowest BCUT2D eigenvalue weighted by Gasteiger charge is -2.13. The van der Waals surface area contributed by atoms with Crippen molar-refractivity contribution in [3.63, 3.8) is 0 Å². The second-order valence-electron chi connectivity index (χ2n) is 5.78. The summed E-state index contributed by atoms with van der Waals surface area (Å²) >= 11 is 0. The first-order valence-corrected chi connectivity index (χ1v) is 7.87. The molecular weight excluding hydrogens is 318 g/mol. The molecule has 4 aromatic rings. The van der Waals surface area contributed by atoms with Crippen LogP contribution >= 0.6 is 0 Å². The van der Waals surface area contributed by atoms with Gasteiger partial charge in [-0.05, 0) is 24.6 Å². The Bertz CT molecular complexity index is 1130. The summed E-state index contributed by atoms with van der Waals surface area (Å²) in [5, 5.41) is 10.8. The van der Waals surface area contributed by atoms with E-state index in [9.17, 15) is 9.59 Å². The molecule has 0 aliphatic carbocycles. The number of hydrogen-bond donors (Lipinski definition) is 2. The Morgan fingerprint density at radius 1 is 1.12 bits per heavy atom. The normalized spacial score (nSPS) is 12.4. The molecule has 7 nitrogen and oxygen atoms in total.